The first-order chi connectivity index (χ1) is 14.1. The van der Waals surface area contributed by atoms with E-state index in [1.54, 1.807) is 42.7 Å². The maximum absolute atomic E-state index is 12.5. The molecular formula is C22H16ClN3O2S. The van der Waals surface area contributed by atoms with Gasteiger partial charge in [-0.2, -0.15) is 0 Å². The van der Waals surface area contributed by atoms with E-state index in [-0.39, 0.29) is 11.8 Å². The highest BCUT2D eigenvalue weighted by Gasteiger charge is 2.22. The van der Waals surface area contributed by atoms with Crippen LogP contribution in [0.3, 0.4) is 0 Å². The lowest BCUT2D eigenvalue weighted by molar-refractivity contribution is -0.112. The predicted molar refractivity (Wildman–Crippen MR) is 116 cm³/mol. The van der Waals surface area contributed by atoms with Crippen LogP contribution in [0.1, 0.15) is 21.5 Å². The molecule has 1 aliphatic heterocycles. The molecule has 144 valence electrons. The van der Waals surface area contributed by atoms with Crippen molar-refractivity contribution in [1.82, 2.24) is 10.3 Å². The van der Waals surface area contributed by atoms with Crippen LogP contribution in [0.15, 0.2) is 76.8 Å². The SMILES string of the molecule is O=C1Nc2cc(C(=O)NCc3cccnc3)ccc2S/C1=C/c1cccc(Cl)c1. The number of rotatable bonds is 4. The number of thioether (sulfide) groups is 1. The Kier molecular flexibility index (Phi) is 5.64. The van der Waals surface area contributed by atoms with Gasteiger partial charge in [0.25, 0.3) is 11.8 Å². The maximum Gasteiger partial charge on any atom is 0.262 e. The minimum atomic E-state index is -0.213. The zero-order chi connectivity index (χ0) is 20.2. The van der Waals surface area contributed by atoms with Gasteiger partial charge in [0.2, 0.25) is 0 Å². The van der Waals surface area contributed by atoms with E-state index >= 15 is 0 Å². The van der Waals surface area contributed by atoms with Crippen molar-refractivity contribution in [3.05, 3.63) is 93.6 Å². The summed E-state index contributed by atoms with van der Waals surface area (Å²) in [4.78, 5) is 30.4. The molecule has 3 aromatic rings. The second kappa shape index (κ2) is 8.51. The van der Waals surface area contributed by atoms with Crippen LogP contribution in [-0.4, -0.2) is 16.8 Å². The van der Waals surface area contributed by atoms with E-state index in [0.717, 1.165) is 16.0 Å². The number of hydrogen-bond donors (Lipinski definition) is 2. The van der Waals surface area contributed by atoms with E-state index in [0.29, 0.717) is 27.7 Å². The number of fused-ring (bicyclic) bond motifs is 1. The zero-order valence-electron chi connectivity index (χ0n) is 15.2. The molecular weight excluding hydrogens is 406 g/mol. The number of carbonyl (C=O) groups is 2. The van der Waals surface area contributed by atoms with Crippen molar-refractivity contribution in [2.75, 3.05) is 5.32 Å². The van der Waals surface area contributed by atoms with Crippen molar-refractivity contribution in [2.45, 2.75) is 11.4 Å². The number of pyridine rings is 1. The Labute approximate surface area is 177 Å². The minimum absolute atomic E-state index is 0.212. The normalized spacial score (nSPS) is 14.2. The number of anilines is 1. The van der Waals surface area contributed by atoms with E-state index in [1.165, 1.54) is 11.8 Å². The van der Waals surface area contributed by atoms with Gasteiger partial charge in [-0.25, -0.2) is 0 Å². The number of amides is 2. The third kappa shape index (κ3) is 4.67. The molecule has 0 bridgehead atoms. The fraction of sp³-hybridized carbons (Fsp3) is 0.0455. The molecule has 5 nitrogen and oxygen atoms in total. The van der Waals surface area contributed by atoms with Gasteiger partial charge in [-0.15, -0.1) is 0 Å². The molecule has 0 radical (unpaired) electrons. The predicted octanol–water partition coefficient (Wildman–Crippen LogP) is 4.75. The van der Waals surface area contributed by atoms with Crippen molar-refractivity contribution in [3.8, 4) is 0 Å². The van der Waals surface area contributed by atoms with Gasteiger partial charge in [-0.1, -0.05) is 41.6 Å². The molecule has 2 N–H and O–H groups in total. The molecule has 0 atom stereocenters. The van der Waals surface area contributed by atoms with Gasteiger partial charge in [0.1, 0.15) is 0 Å². The summed E-state index contributed by atoms with van der Waals surface area (Å²) in [5, 5.41) is 6.33. The second-order valence-electron chi connectivity index (χ2n) is 6.37. The molecule has 29 heavy (non-hydrogen) atoms. The van der Waals surface area contributed by atoms with Crippen LogP contribution in [0, 0.1) is 0 Å². The molecule has 2 amide bonds. The van der Waals surface area contributed by atoms with E-state index in [1.807, 2.05) is 30.3 Å². The number of benzene rings is 2. The average molecular weight is 422 g/mol. The Morgan fingerprint density at radius 3 is 2.86 bits per heavy atom. The summed E-state index contributed by atoms with van der Waals surface area (Å²) >= 11 is 7.38. The Balaban J connectivity index is 1.49. The van der Waals surface area contributed by atoms with Crippen LogP contribution < -0.4 is 10.6 Å². The molecule has 0 saturated heterocycles. The summed E-state index contributed by atoms with van der Waals surface area (Å²) in [6, 6.07) is 16.3. The van der Waals surface area contributed by atoms with Crippen LogP contribution in [0.25, 0.3) is 6.08 Å². The standard InChI is InChI=1S/C22H16ClN3O2S/c23-17-5-1-3-14(9-17)10-20-22(28)26-18-11-16(6-7-19(18)29-20)21(27)25-13-15-4-2-8-24-12-15/h1-12H,13H2,(H,25,27)(H,26,28)/b20-10+. The summed E-state index contributed by atoms with van der Waals surface area (Å²) < 4.78 is 0. The number of nitrogens with zero attached hydrogens (tertiary/aromatic N) is 1. The largest absolute Gasteiger partial charge is 0.348 e. The van der Waals surface area contributed by atoms with E-state index in [4.69, 9.17) is 11.6 Å². The molecule has 0 saturated carbocycles. The fourth-order valence-electron chi connectivity index (χ4n) is 2.84. The molecule has 0 spiro atoms. The first-order valence-corrected chi connectivity index (χ1v) is 10.1. The number of aromatic nitrogens is 1. The Bertz CT molecular complexity index is 1120. The number of carbonyl (C=O) groups excluding carboxylic acids is 2. The summed E-state index contributed by atoms with van der Waals surface area (Å²) in [6.07, 6.45) is 5.19. The molecule has 1 aliphatic rings. The first-order valence-electron chi connectivity index (χ1n) is 8.86. The van der Waals surface area contributed by atoms with E-state index < -0.39 is 0 Å². The van der Waals surface area contributed by atoms with Gasteiger partial charge in [0.05, 0.1) is 10.6 Å². The van der Waals surface area contributed by atoms with Crippen LogP contribution in [0.5, 0.6) is 0 Å². The molecule has 2 heterocycles. The summed E-state index contributed by atoms with van der Waals surface area (Å²) in [7, 11) is 0. The van der Waals surface area contributed by atoms with Crippen molar-refractivity contribution >= 4 is 46.9 Å². The molecule has 0 aliphatic carbocycles. The first kappa shape index (κ1) is 19.2. The molecule has 0 unspecified atom stereocenters. The van der Waals surface area contributed by atoms with Crippen LogP contribution in [0.2, 0.25) is 5.02 Å². The van der Waals surface area contributed by atoms with Gasteiger partial charge >= 0.3 is 0 Å². The highest BCUT2D eigenvalue weighted by molar-refractivity contribution is 8.04. The molecule has 7 heteroatoms. The quantitative estimate of drug-likeness (QED) is 0.596. The smallest absolute Gasteiger partial charge is 0.262 e. The van der Waals surface area contributed by atoms with Gasteiger partial charge in [-0.3, -0.25) is 14.6 Å². The summed E-state index contributed by atoms with van der Waals surface area (Å²) in [6.45, 7) is 0.386. The van der Waals surface area contributed by atoms with Gasteiger partial charge in [0.15, 0.2) is 0 Å². The lowest BCUT2D eigenvalue weighted by atomic mass is 10.1. The zero-order valence-corrected chi connectivity index (χ0v) is 16.8. The molecule has 2 aromatic carbocycles. The lowest BCUT2D eigenvalue weighted by Crippen LogP contribution is -2.24. The van der Waals surface area contributed by atoms with Crippen molar-refractivity contribution < 1.29 is 9.59 Å². The second-order valence-corrected chi connectivity index (χ2v) is 7.89. The van der Waals surface area contributed by atoms with Crippen LogP contribution >= 0.6 is 23.4 Å². The Hall–Kier alpha value is -3.09. The summed E-state index contributed by atoms with van der Waals surface area (Å²) in [5.74, 6) is -0.424. The van der Waals surface area contributed by atoms with Crippen molar-refractivity contribution in [1.29, 1.82) is 0 Å². The van der Waals surface area contributed by atoms with Crippen LogP contribution in [-0.2, 0) is 11.3 Å². The highest BCUT2D eigenvalue weighted by atomic mass is 35.5. The minimum Gasteiger partial charge on any atom is -0.348 e. The van der Waals surface area contributed by atoms with Gasteiger partial charge < -0.3 is 10.6 Å². The highest BCUT2D eigenvalue weighted by Crippen LogP contribution is 2.39. The molecule has 1 aromatic heterocycles. The van der Waals surface area contributed by atoms with Crippen molar-refractivity contribution in [2.24, 2.45) is 0 Å². The van der Waals surface area contributed by atoms with E-state index in [9.17, 15) is 9.59 Å². The third-order valence-electron chi connectivity index (χ3n) is 4.26. The third-order valence-corrected chi connectivity index (χ3v) is 5.59. The Morgan fingerprint density at radius 2 is 2.07 bits per heavy atom. The average Bonchev–Trinajstić information content (AvgIpc) is 2.73. The Morgan fingerprint density at radius 1 is 1.17 bits per heavy atom. The maximum atomic E-state index is 12.5. The number of hydrogen-bond acceptors (Lipinski definition) is 4. The lowest BCUT2D eigenvalue weighted by Gasteiger charge is -2.19. The van der Waals surface area contributed by atoms with Gasteiger partial charge in [0, 0.05) is 34.4 Å². The monoisotopic (exact) mass is 421 g/mol. The molecule has 4 rings (SSSR count). The van der Waals surface area contributed by atoms with Crippen molar-refractivity contribution in [3.63, 3.8) is 0 Å². The summed E-state index contributed by atoms with van der Waals surface area (Å²) in [5.41, 5.74) is 2.87. The number of nitrogens with one attached hydrogen (secondary N) is 2. The van der Waals surface area contributed by atoms with E-state index in [2.05, 4.69) is 15.6 Å². The molecule has 0 fully saturated rings. The number of halogens is 1. The topological polar surface area (TPSA) is 71.1 Å². The van der Waals surface area contributed by atoms with Gasteiger partial charge in [-0.05, 0) is 53.6 Å². The fourth-order valence-corrected chi connectivity index (χ4v) is 3.97. The van der Waals surface area contributed by atoms with Crippen LogP contribution in [0.4, 0.5) is 5.69 Å².